The number of amides is 1. The van der Waals surface area contributed by atoms with E-state index < -0.39 is 0 Å². The predicted molar refractivity (Wildman–Crippen MR) is 70.0 cm³/mol. The van der Waals surface area contributed by atoms with Gasteiger partial charge in [-0.3, -0.25) is 9.59 Å². The Morgan fingerprint density at radius 1 is 1.22 bits per heavy atom. The minimum atomic E-state index is -0.294. The Balaban J connectivity index is 2.29. The van der Waals surface area contributed by atoms with Crippen LogP contribution in [0.5, 0.6) is 0 Å². The summed E-state index contributed by atoms with van der Waals surface area (Å²) in [5.74, 6) is 0.853. The maximum atomic E-state index is 11.8. The van der Waals surface area contributed by atoms with E-state index in [1.54, 1.807) is 6.92 Å². The van der Waals surface area contributed by atoms with Crippen molar-refractivity contribution in [3.63, 3.8) is 0 Å². The van der Waals surface area contributed by atoms with Gasteiger partial charge in [0, 0.05) is 12.5 Å². The molecule has 0 spiro atoms. The normalized spacial score (nSPS) is 27.6. The van der Waals surface area contributed by atoms with Crippen LogP contribution in [0.1, 0.15) is 52.9 Å². The number of ether oxygens (including phenoxy) is 1. The molecule has 1 saturated carbocycles. The second-order valence-electron chi connectivity index (χ2n) is 5.25. The van der Waals surface area contributed by atoms with Crippen molar-refractivity contribution in [3.05, 3.63) is 0 Å². The van der Waals surface area contributed by atoms with Gasteiger partial charge in [-0.2, -0.15) is 0 Å². The van der Waals surface area contributed by atoms with Gasteiger partial charge in [-0.1, -0.05) is 26.7 Å². The first kappa shape index (κ1) is 15.0. The lowest BCUT2D eigenvalue weighted by Gasteiger charge is -2.34. The number of esters is 1. The zero-order valence-corrected chi connectivity index (χ0v) is 11.7. The fourth-order valence-corrected chi connectivity index (χ4v) is 2.51. The molecule has 0 saturated heterocycles. The molecule has 0 bridgehead atoms. The lowest BCUT2D eigenvalue weighted by atomic mass is 9.78. The molecule has 0 unspecified atom stereocenters. The van der Waals surface area contributed by atoms with Gasteiger partial charge in [0.15, 0.2) is 0 Å². The lowest BCUT2D eigenvalue weighted by molar-refractivity contribution is -0.144. The van der Waals surface area contributed by atoms with Crippen LogP contribution in [0.25, 0.3) is 0 Å². The first-order valence-corrected chi connectivity index (χ1v) is 6.99. The van der Waals surface area contributed by atoms with Crippen molar-refractivity contribution in [3.8, 4) is 0 Å². The number of carbonyl (C=O) groups excluding carboxylic acids is 2. The molecule has 0 aromatic carbocycles. The molecule has 1 N–H and O–H groups in total. The summed E-state index contributed by atoms with van der Waals surface area (Å²) in [5.41, 5.74) is 0. The molecule has 0 aromatic rings. The van der Waals surface area contributed by atoms with Gasteiger partial charge in [-0.15, -0.1) is 0 Å². The Labute approximate surface area is 109 Å². The largest absolute Gasteiger partial charge is 0.466 e. The SMILES string of the molecule is CCOC(=O)CCC(=O)N[C@@H]1CCC[C@H](C)[C@H]1C. The van der Waals surface area contributed by atoms with Gasteiger partial charge in [0.05, 0.1) is 13.0 Å². The van der Waals surface area contributed by atoms with E-state index in [1.807, 2.05) is 0 Å². The third-order valence-corrected chi connectivity index (χ3v) is 3.91. The highest BCUT2D eigenvalue weighted by molar-refractivity contribution is 5.81. The number of carbonyl (C=O) groups is 2. The highest BCUT2D eigenvalue weighted by atomic mass is 16.5. The maximum Gasteiger partial charge on any atom is 0.306 e. The van der Waals surface area contributed by atoms with E-state index >= 15 is 0 Å². The van der Waals surface area contributed by atoms with Crippen LogP contribution in [-0.4, -0.2) is 24.5 Å². The quantitative estimate of drug-likeness (QED) is 0.767. The summed E-state index contributed by atoms with van der Waals surface area (Å²) < 4.78 is 4.80. The number of nitrogens with one attached hydrogen (secondary N) is 1. The van der Waals surface area contributed by atoms with E-state index in [4.69, 9.17) is 4.74 Å². The molecule has 0 heterocycles. The average molecular weight is 255 g/mol. The standard InChI is InChI=1S/C14H25NO3/c1-4-18-14(17)9-8-13(16)15-12-7-5-6-10(2)11(12)3/h10-12H,4-9H2,1-3H3,(H,15,16)/t10-,11+,12+/m0/s1. The van der Waals surface area contributed by atoms with Crippen molar-refractivity contribution in [1.29, 1.82) is 0 Å². The first-order valence-electron chi connectivity index (χ1n) is 6.99. The van der Waals surface area contributed by atoms with E-state index in [0.717, 1.165) is 6.42 Å². The van der Waals surface area contributed by atoms with Crippen molar-refractivity contribution >= 4 is 11.9 Å². The van der Waals surface area contributed by atoms with Crippen LogP contribution in [0.4, 0.5) is 0 Å². The maximum absolute atomic E-state index is 11.8. The minimum Gasteiger partial charge on any atom is -0.466 e. The Bertz CT molecular complexity index is 291. The minimum absolute atomic E-state index is 0.0333. The van der Waals surface area contributed by atoms with Crippen molar-refractivity contribution in [2.24, 2.45) is 11.8 Å². The second-order valence-corrected chi connectivity index (χ2v) is 5.25. The zero-order chi connectivity index (χ0) is 13.5. The lowest BCUT2D eigenvalue weighted by Crippen LogP contribution is -2.43. The molecule has 4 nitrogen and oxygen atoms in total. The number of rotatable bonds is 5. The summed E-state index contributed by atoms with van der Waals surface area (Å²) in [5, 5.41) is 3.05. The third-order valence-electron chi connectivity index (χ3n) is 3.91. The molecule has 104 valence electrons. The molecule has 0 aromatic heterocycles. The Morgan fingerprint density at radius 2 is 1.94 bits per heavy atom. The third kappa shape index (κ3) is 4.67. The summed E-state index contributed by atoms with van der Waals surface area (Å²) >= 11 is 0. The molecule has 4 heteroatoms. The van der Waals surface area contributed by atoms with E-state index in [1.165, 1.54) is 12.8 Å². The van der Waals surface area contributed by atoms with Crippen LogP contribution in [0.2, 0.25) is 0 Å². The molecule has 0 radical (unpaired) electrons. The summed E-state index contributed by atoms with van der Waals surface area (Å²) in [6, 6.07) is 0.267. The number of hydrogen-bond acceptors (Lipinski definition) is 3. The van der Waals surface area contributed by atoms with Crippen molar-refractivity contribution < 1.29 is 14.3 Å². The number of hydrogen-bond donors (Lipinski definition) is 1. The van der Waals surface area contributed by atoms with Crippen LogP contribution in [-0.2, 0) is 14.3 Å². The highest BCUT2D eigenvalue weighted by Crippen LogP contribution is 2.29. The molecule has 3 atom stereocenters. The van der Waals surface area contributed by atoms with Crippen LogP contribution in [0, 0.1) is 11.8 Å². The van der Waals surface area contributed by atoms with Crippen molar-refractivity contribution in [1.82, 2.24) is 5.32 Å². The molecular formula is C14H25NO3. The van der Waals surface area contributed by atoms with Crippen LogP contribution < -0.4 is 5.32 Å². The van der Waals surface area contributed by atoms with Gasteiger partial charge >= 0.3 is 5.97 Å². The summed E-state index contributed by atoms with van der Waals surface area (Å²) in [6.07, 6.45) is 3.88. The van der Waals surface area contributed by atoms with Gasteiger partial charge in [-0.25, -0.2) is 0 Å². The van der Waals surface area contributed by atoms with Crippen molar-refractivity contribution in [2.75, 3.05) is 6.61 Å². The highest BCUT2D eigenvalue weighted by Gasteiger charge is 2.28. The van der Waals surface area contributed by atoms with Gasteiger partial charge in [0.2, 0.25) is 5.91 Å². The van der Waals surface area contributed by atoms with Gasteiger partial charge in [0.1, 0.15) is 0 Å². The summed E-state index contributed by atoms with van der Waals surface area (Å²) in [7, 11) is 0. The average Bonchev–Trinajstić information content (AvgIpc) is 2.33. The van der Waals surface area contributed by atoms with Crippen LogP contribution in [0.3, 0.4) is 0 Å². The Hall–Kier alpha value is -1.06. The predicted octanol–water partition coefficient (Wildman–Crippen LogP) is 2.27. The molecule has 1 rings (SSSR count). The molecule has 1 aliphatic carbocycles. The fraction of sp³-hybridized carbons (Fsp3) is 0.857. The van der Waals surface area contributed by atoms with Gasteiger partial charge in [-0.05, 0) is 25.2 Å². The Kier molecular flexibility index (Phi) is 6.16. The molecular weight excluding hydrogens is 230 g/mol. The summed E-state index contributed by atoms with van der Waals surface area (Å²) in [6.45, 7) is 6.57. The smallest absolute Gasteiger partial charge is 0.306 e. The van der Waals surface area contributed by atoms with Crippen LogP contribution >= 0.6 is 0 Å². The zero-order valence-electron chi connectivity index (χ0n) is 11.7. The molecule has 1 amide bonds. The van der Waals surface area contributed by atoms with Crippen LogP contribution in [0.15, 0.2) is 0 Å². The summed E-state index contributed by atoms with van der Waals surface area (Å²) in [4.78, 5) is 22.9. The molecule has 1 fully saturated rings. The van der Waals surface area contributed by atoms with Crippen molar-refractivity contribution in [2.45, 2.75) is 58.9 Å². The Morgan fingerprint density at radius 3 is 2.61 bits per heavy atom. The molecule has 0 aliphatic heterocycles. The van der Waals surface area contributed by atoms with E-state index in [-0.39, 0.29) is 30.8 Å². The topological polar surface area (TPSA) is 55.4 Å². The monoisotopic (exact) mass is 255 g/mol. The van der Waals surface area contributed by atoms with Gasteiger partial charge < -0.3 is 10.1 Å². The second kappa shape index (κ2) is 7.39. The fourth-order valence-electron chi connectivity index (χ4n) is 2.51. The molecule has 1 aliphatic rings. The van der Waals surface area contributed by atoms with E-state index in [9.17, 15) is 9.59 Å². The van der Waals surface area contributed by atoms with Gasteiger partial charge in [0.25, 0.3) is 0 Å². The molecule has 18 heavy (non-hydrogen) atoms. The van der Waals surface area contributed by atoms with E-state index in [0.29, 0.717) is 18.4 Å². The van der Waals surface area contributed by atoms with E-state index in [2.05, 4.69) is 19.2 Å². The first-order chi connectivity index (χ1) is 8.54.